The van der Waals surface area contributed by atoms with E-state index in [4.69, 9.17) is 4.74 Å². The van der Waals surface area contributed by atoms with Crippen LogP contribution in [0.2, 0.25) is 0 Å². The summed E-state index contributed by atoms with van der Waals surface area (Å²) in [5.74, 6) is 0.405. The molecular weight excluding hydrogens is 486 g/mol. The number of methoxy groups -OCH3 is 1. The van der Waals surface area contributed by atoms with Gasteiger partial charge in [0.25, 0.3) is 0 Å². The van der Waals surface area contributed by atoms with Crippen LogP contribution >= 0.6 is 0 Å². The van der Waals surface area contributed by atoms with Crippen LogP contribution in [0.1, 0.15) is 50.4 Å². The molecule has 6 heteroatoms. The number of carbonyl (C=O) groups excluding carboxylic acids is 2. The van der Waals surface area contributed by atoms with Gasteiger partial charge >= 0.3 is 5.97 Å². The summed E-state index contributed by atoms with van der Waals surface area (Å²) < 4.78 is 16.0. The Morgan fingerprint density at radius 2 is 1.79 bits per heavy atom. The largest absolute Gasteiger partial charge is 0.466 e. The zero-order chi connectivity index (χ0) is 28.2. The number of anilines is 1. The zero-order valence-corrected chi connectivity index (χ0v) is 22.8. The molecule has 1 aromatic heterocycles. The van der Waals surface area contributed by atoms with Crippen LogP contribution in [0.5, 0.6) is 0 Å². The van der Waals surface area contributed by atoms with Gasteiger partial charge in [-0.3, -0.25) is 4.79 Å². The van der Waals surface area contributed by atoms with Gasteiger partial charge in [-0.15, -0.1) is 0 Å². The van der Waals surface area contributed by atoms with Crippen LogP contribution in [0, 0.1) is 12.8 Å². The van der Waals surface area contributed by atoms with Gasteiger partial charge < -0.3 is 14.2 Å². The van der Waals surface area contributed by atoms with Crippen LogP contribution in [0.25, 0.3) is 28.2 Å². The van der Waals surface area contributed by atoms with Gasteiger partial charge in [0.2, 0.25) is 5.91 Å². The van der Waals surface area contributed by atoms with Gasteiger partial charge in [0.05, 0.1) is 26.0 Å². The average Bonchev–Trinajstić information content (AvgIpc) is 3.28. The lowest BCUT2D eigenvalue weighted by Crippen LogP contribution is -2.36. The van der Waals surface area contributed by atoms with E-state index in [2.05, 4.69) is 21.7 Å². The van der Waals surface area contributed by atoms with Crippen LogP contribution in [-0.2, 0) is 27.9 Å². The van der Waals surface area contributed by atoms with Crippen molar-refractivity contribution in [1.82, 2.24) is 9.55 Å². The predicted octanol–water partition coefficient (Wildman–Crippen LogP) is 6.85. The highest BCUT2D eigenvalue weighted by atomic mass is 16.5. The Hall–Kier alpha value is -4.19. The number of aryl methyl sites for hydroxylation is 2. The van der Waals surface area contributed by atoms with E-state index in [0.29, 0.717) is 5.69 Å². The molecule has 3 aromatic carbocycles. The first kappa shape index (κ1) is 25.1. The second-order valence-corrected chi connectivity index (χ2v) is 10.2. The van der Waals surface area contributed by atoms with E-state index in [1.54, 1.807) is 11.0 Å². The molecule has 0 radical (unpaired) electrons. The number of benzene rings is 3. The van der Waals surface area contributed by atoms with Gasteiger partial charge in [-0.1, -0.05) is 61.7 Å². The van der Waals surface area contributed by atoms with E-state index >= 15 is 0 Å². The van der Waals surface area contributed by atoms with E-state index in [0.717, 1.165) is 71.2 Å². The first-order chi connectivity index (χ1) is 19.4. The molecule has 1 aliphatic rings. The number of ether oxygens (including phenoxy) is 1. The summed E-state index contributed by atoms with van der Waals surface area (Å²) in [4.78, 5) is 31.7. The number of hydrogen-bond acceptors (Lipinski definition) is 4. The van der Waals surface area contributed by atoms with Gasteiger partial charge in [-0.2, -0.15) is 0 Å². The van der Waals surface area contributed by atoms with Crippen LogP contribution in [0.4, 0.5) is 5.69 Å². The SMILES string of the molecule is [2H]C(c1ccc(-c2ccc3nc(C)n(C)c3c2)cc1)N(C(=O)C1CCCCC1)c1cccc(/C=C/C(=O)OC)c1. The van der Waals surface area contributed by atoms with Gasteiger partial charge in [0, 0.05) is 24.7 Å². The number of rotatable bonds is 7. The Morgan fingerprint density at radius 3 is 2.54 bits per heavy atom. The smallest absolute Gasteiger partial charge is 0.330 e. The first-order valence-corrected chi connectivity index (χ1v) is 13.5. The molecule has 6 nitrogen and oxygen atoms in total. The lowest BCUT2D eigenvalue weighted by molar-refractivity contribution is -0.134. The quantitative estimate of drug-likeness (QED) is 0.197. The van der Waals surface area contributed by atoms with Gasteiger partial charge in [-0.05, 0) is 72.4 Å². The standard InChI is InChI=1S/C33H35N3O3/c1-23-34-30-18-17-28(21-31(30)35(23)2)26-15-12-25(13-16-26)22-36(33(38)27-9-5-4-6-10-27)29-11-7-8-24(20-29)14-19-32(37)39-3/h7-8,11-21,27H,4-6,9-10,22H2,1-3H3/b19-14+/i22D. The van der Waals surface area contributed by atoms with Crippen molar-refractivity contribution < 1.29 is 15.7 Å². The van der Waals surface area contributed by atoms with Crippen molar-refractivity contribution in [3.63, 3.8) is 0 Å². The minimum atomic E-state index is -0.912. The summed E-state index contributed by atoms with van der Waals surface area (Å²) in [6, 6.07) is 21.5. The van der Waals surface area contributed by atoms with Crippen molar-refractivity contribution in [2.45, 2.75) is 45.5 Å². The van der Waals surface area contributed by atoms with E-state index in [1.807, 2.05) is 68.6 Å². The average molecular weight is 523 g/mol. The fourth-order valence-electron chi connectivity index (χ4n) is 5.22. The van der Waals surface area contributed by atoms with E-state index in [9.17, 15) is 11.0 Å². The van der Waals surface area contributed by atoms with Crippen molar-refractivity contribution in [3.8, 4) is 11.1 Å². The zero-order valence-electron chi connectivity index (χ0n) is 23.8. The molecule has 1 unspecified atom stereocenters. The molecule has 0 aliphatic heterocycles. The molecule has 1 atom stereocenters. The molecule has 1 fully saturated rings. The number of fused-ring (bicyclic) bond motifs is 1. The second-order valence-electron chi connectivity index (χ2n) is 10.2. The highest BCUT2D eigenvalue weighted by molar-refractivity contribution is 5.95. The molecule has 200 valence electrons. The number of carbonyl (C=O) groups is 2. The summed E-state index contributed by atoms with van der Waals surface area (Å²) in [6.45, 7) is 1.08. The number of hydrogen-bond donors (Lipinski definition) is 0. The minimum Gasteiger partial charge on any atom is -0.466 e. The van der Waals surface area contributed by atoms with E-state index in [-0.39, 0.29) is 11.8 Å². The second kappa shape index (κ2) is 11.7. The van der Waals surface area contributed by atoms with Crippen molar-refractivity contribution >= 4 is 34.7 Å². The Balaban J connectivity index is 1.46. The summed E-state index contributed by atoms with van der Waals surface area (Å²) in [5, 5.41) is 0. The minimum absolute atomic E-state index is 0.0186. The predicted molar refractivity (Wildman–Crippen MR) is 156 cm³/mol. The molecule has 39 heavy (non-hydrogen) atoms. The molecule has 0 spiro atoms. The fourth-order valence-corrected chi connectivity index (χ4v) is 5.22. The molecule has 0 saturated heterocycles. The lowest BCUT2D eigenvalue weighted by Gasteiger charge is -2.30. The molecule has 1 aliphatic carbocycles. The van der Waals surface area contributed by atoms with Gasteiger partial charge in [0.15, 0.2) is 0 Å². The van der Waals surface area contributed by atoms with Crippen LogP contribution in [0.3, 0.4) is 0 Å². The van der Waals surface area contributed by atoms with Crippen molar-refractivity contribution in [3.05, 3.63) is 89.8 Å². The van der Waals surface area contributed by atoms with Crippen molar-refractivity contribution in [2.24, 2.45) is 13.0 Å². The monoisotopic (exact) mass is 522 g/mol. The van der Waals surface area contributed by atoms with E-state index < -0.39 is 12.5 Å². The fraction of sp³-hybridized carbons (Fsp3) is 0.303. The summed E-state index contributed by atoms with van der Waals surface area (Å²) in [5.41, 5.74) is 6.29. The molecule has 1 heterocycles. The third-order valence-corrected chi connectivity index (χ3v) is 7.58. The topological polar surface area (TPSA) is 64.4 Å². The van der Waals surface area contributed by atoms with Crippen molar-refractivity contribution in [1.29, 1.82) is 0 Å². The maximum absolute atomic E-state index is 13.9. The van der Waals surface area contributed by atoms with Crippen molar-refractivity contribution in [2.75, 3.05) is 12.0 Å². The highest BCUT2D eigenvalue weighted by Gasteiger charge is 2.27. The van der Waals surface area contributed by atoms with Crippen LogP contribution in [0.15, 0.2) is 72.8 Å². The van der Waals surface area contributed by atoms with Gasteiger partial charge in [0.1, 0.15) is 5.82 Å². The number of nitrogens with zero attached hydrogens (tertiary/aromatic N) is 3. The molecule has 5 rings (SSSR count). The normalized spacial score (nSPS) is 15.3. The summed E-state index contributed by atoms with van der Waals surface area (Å²) in [7, 11) is 3.35. The Morgan fingerprint density at radius 1 is 1.05 bits per heavy atom. The van der Waals surface area contributed by atoms with Crippen LogP contribution < -0.4 is 4.90 Å². The van der Waals surface area contributed by atoms with Gasteiger partial charge in [-0.25, -0.2) is 9.78 Å². The number of aromatic nitrogens is 2. The number of amides is 1. The molecule has 0 bridgehead atoms. The lowest BCUT2D eigenvalue weighted by atomic mass is 9.88. The van der Waals surface area contributed by atoms with Crippen LogP contribution in [-0.4, -0.2) is 28.5 Å². The number of imidazole rings is 1. The Labute approximate surface area is 231 Å². The Bertz CT molecular complexity index is 1550. The molecule has 4 aromatic rings. The summed E-state index contributed by atoms with van der Waals surface area (Å²) in [6.07, 6.45) is 7.92. The molecular formula is C33H35N3O3. The summed E-state index contributed by atoms with van der Waals surface area (Å²) >= 11 is 0. The maximum Gasteiger partial charge on any atom is 0.330 e. The molecule has 1 saturated carbocycles. The molecule has 0 N–H and O–H groups in total. The molecule has 1 amide bonds. The first-order valence-electron chi connectivity index (χ1n) is 14.1. The number of esters is 1. The third-order valence-electron chi connectivity index (χ3n) is 7.58. The highest BCUT2D eigenvalue weighted by Crippen LogP contribution is 2.30. The maximum atomic E-state index is 13.9. The van der Waals surface area contributed by atoms with E-state index in [1.165, 1.54) is 13.2 Å². The third kappa shape index (κ3) is 5.95. The Kier molecular flexibility index (Phi) is 7.52.